The first-order chi connectivity index (χ1) is 9.84. The summed E-state index contributed by atoms with van der Waals surface area (Å²) in [5.41, 5.74) is 1.01. The van der Waals surface area contributed by atoms with E-state index in [0.29, 0.717) is 11.0 Å². The predicted molar refractivity (Wildman–Crippen MR) is 90.9 cm³/mol. The second-order valence-corrected chi connectivity index (χ2v) is 7.54. The molecule has 1 fully saturated rings. The molecule has 1 saturated heterocycles. The molecule has 2 aromatic rings. The number of hydrogen-bond acceptors (Lipinski definition) is 4. The summed E-state index contributed by atoms with van der Waals surface area (Å²) in [6, 6.07) is 12.0. The SMILES string of the molecule is Oc1ccc2ccccc2c1CNCC1CSCCS1. The van der Waals surface area contributed by atoms with Gasteiger partial charge in [-0.15, -0.1) is 0 Å². The standard InChI is InChI=1S/C16H19NOS2/c18-16-6-5-12-3-1-2-4-14(12)15(16)10-17-9-13-11-19-7-8-20-13/h1-6,13,17-18H,7-11H2. The Morgan fingerprint density at radius 3 is 2.90 bits per heavy atom. The Hall–Kier alpha value is -0.840. The first-order valence-electron chi connectivity index (χ1n) is 6.94. The van der Waals surface area contributed by atoms with Gasteiger partial charge in [-0.1, -0.05) is 30.3 Å². The van der Waals surface area contributed by atoms with Crippen LogP contribution in [0, 0.1) is 0 Å². The van der Waals surface area contributed by atoms with Crippen LogP contribution in [-0.4, -0.2) is 34.2 Å². The summed E-state index contributed by atoms with van der Waals surface area (Å²) in [6.07, 6.45) is 0. The number of benzene rings is 2. The van der Waals surface area contributed by atoms with Crippen molar-refractivity contribution in [3.63, 3.8) is 0 Å². The number of phenolic OH excluding ortho intramolecular Hbond substituents is 1. The maximum atomic E-state index is 10.1. The van der Waals surface area contributed by atoms with Crippen molar-refractivity contribution in [3.05, 3.63) is 42.0 Å². The zero-order valence-electron chi connectivity index (χ0n) is 11.3. The normalized spacial score (nSPS) is 19.3. The van der Waals surface area contributed by atoms with Crippen LogP contribution in [0.4, 0.5) is 0 Å². The summed E-state index contributed by atoms with van der Waals surface area (Å²) in [7, 11) is 0. The molecule has 3 rings (SSSR count). The Morgan fingerprint density at radius 1 is 1.15 bits per heavy atom. The van der Waals surface area contributed by atoms with Crippen molar-refractivity contribution in [3.8, 4) is 5.75 Å². The highest BCUT2D eigenvalue weighted by Gasteiger charge is 2.14. The lowest BCUT2D eigenvalue weighted by Crippen LogP contribution is -2.28. The van der Waals surface area contributed by atoms with Crippen LogP contribution >= 0.6 is 23.5 Å². The molecule has 4 heteroatoms. The Labute approximate surface area is 128 Å². The molecule has 1 aliphatic rings. The molecule has 0 saturated carbocycles. The zero-order chi connectivity index (χ0) is 13.8. The molecule has 1 unspecified atom stereocenters. The molecule has 0 radical (unpaired) electrons. The summed E-state index contributed by atoms with van der Waals surface area (Å²) >= 11 is 4.11. The second kappa shape index (κ2) is 6.74. The number of rotatable bonds is 4. The minimum absolute atomic E-state index is 0.391. The smallest absolute Gasteiger partial charge is 0.120 e. The zero-order valence-corrected chi connectivity index (χ0v) is 13.0. The molecule has 106 valence electrons. The summed E-state index contributed by atoms with van der Waals surface area (Å²) in [4.78, 5) is 0. The third kappa shape index (κ3) is 3.25. The van der Waals surface area contributed by atoms with Crippen LogP contribution in [0.2, 0.25) is 0 Å². The number of aromatic hydroxyl groups is 1. The van der Waals surface area contributed by atoms with E-state index in [1.54, 1.807) is 6.07 Å². The lowest BCUT2D eigenvalue weighted by molar-refractivity contribution is 0.466. The quantitative estimate of drug-likeness (QED) is 0.906. The lowest BCUT2D eigenvalue weighted by atomic mass is 10.0. The van der Waals surface area contributed by atoms with Gasteiger partial charge in [-0.05, 0) is 16.8 Å². The highest BCUT2D eigenvalue weighted by molar-refractivity contribution is 8.06. The Kier molecular flexibility index (Phi) is 4.76. The van der Waals surface area contributed by atoms with Crippen LogP contribution in [0.15, 0.2) is 36.4 Å². The first kappa shape index (κ1) is 14.1. The van der Waals surface area contributed by atoms with Crippen LogP contribution < -0.4 is 5.32 Å². The van der Waals surface area contributed by atoms with Crippen LogP contribution in [0.25, 0.3) is 10.8 Å². The van der Waals surface area contributed by atoms with Crippen LogP contribution in [0.1, 0.15) is 5.56 Å². The van der Waals surface area contributed by atoms with Crippen molar-refractivity contribution >= 4 is 34.3 Å². The summed E-state index contributed by atoms with van der Waals surface area (Å²) in [5, 5.41) is 16.6. The molecule has 0 spiro atoms. The lowest BCUT2D eigenvalue weighted by Gasteiger charge is -2.21. The molecule has 0 amide bonds. The van der Waals surface area contributed by atoms with Crippen molar-refractivity contribution < 1.29 is 5.11 Å². The number of phenols is 1. The van der Waals surface area contributed by atoms with E-state index in [2.05, 4.69) is 29.2 Å². The molecule has 2 N–H and O–H groups in total. The third-order valence-corrected chi connectivity index (χ3v) is 6.42. The largest absolute Gasteiger partial charge is 0.508 e. The van der Waals surface area contributed by atoms with Gasteiger partial charge in [0.1, 0.15) is 5.75 Å². The minimum atomic E-state index is 0.391. The molecule has 1 atom stereocenters. The van der Waals surface area contributed by atoms with Crippen molar-refractivity contribution in [2.45, 2.75) is 11.8 Å². The molecule has 0 aromatic heterocycles. The Morgan fingerprint density at radius 2 is 2.05 bits per heavy atom. The fourth-order valence-corrected chi connectivity index (χ4v) is 5.17. The van der Waals surface area contributed by atoms with Gasteiger partial charge in [-0.25, -0.2) is 0 Å². The topological polar surface area (TPSA) is 32.3 Å². The molecule has 1 heterocycles. The van der Waals surface area contributed by atoms with Crippen LogP contribution in [0.3, 0.4) is 0 Å². The number of fused-ring (bicyclic) bond motifs is 1. The first-order valence-corrected chi connectivity index (χ1v) is 9.14. The number of hydrogen-bond donors (Lipinski definition) is 2. The van der Waals surface area contributed by atoms with Crippen molar-refractivity contribution in [2.24, 2.45) is 0 Å². The molecule has 0 aliphatic carbocycles. The van der Waals surface area contributed by atoms with Crippen LogP contribution in [0.5, 0.6) is 5.75 Å². The van der Waals surface area contributed by atoms with Gasteiger partial charge < -0.3 is 10.4 Å². The Bertz CT molecular complexity index is 582. The van der Waals surface area contributed by atoms with Gasteiger partial charge in [-0.3, -0.25) is 0 Å². The Balaban J connectivity index is 1.68. The minimum Gasteiger partial charge on any atom is -0.508 e. The van der Waals surface area contributed by atoms with E-state index in [9.17, 15) is 5.11 Å². The fourth-order valence-electron chi connectivity index (χ4n) is 2.52. The molecule has 2 aromatic carbocycles. The van der Waals surface area contributed by atoms with Crippen molar-refractivity contribution in [1.29, 1.82) is 0 Å². The highest BCUT2D eigenvalue weighted by Crippen LogP contribution is 2.27. The van der Waals surface area contributed by atoms with E-state index >= 15 is 0 Å². The van der Waals surface area contributed by atoms with E-state index in [4.69, 9.17) is 0 Å². The summed E-state index contributed by atoms with van der Waals surface area (Å²) in [5.74, 6) is 4.17. The van der Waals surface area contributed by atoms with Gasteiger partial charge in [0.2, 0.25) is 0 Å². The van der Waals surface area contributed by atoms with Gasteiger partial charge in [0, 0.05) is 41.2 Å². The van der Waals surface area contributed by atoms with E-state index in [1.807, 2.05) is 30.0 Å². The second-order valence-electron chi connectivity index (χ2n) is 4.98. The van der Waals surface area contributed by atoms with Crippen LogP contribution in [-0.2, 0) is 6.54 Å². The fraction of sp³-hybridized carbons (Fsp3) is 0.375. The molecular formula is C16H19NOS2. The van der Waals surface area contributed by atoms with Gasteiger partial charge in [0.15, 0.2) is 0 Å². The summed E-state index contributed by atoms with van der Waals surface area (Å²) in [6.45, 7) is 1.75. The maximum absolute atomic E-state index is 10.1. The number of thioether (sulfide) groups is 2. The maximum Gasteiger partial charge on any atom is 0.120 e. The monoisotopic (exact) mass is 305 g/mol. The number of nitrogens with one attached hydrogen (secondary N) is 1. The van der Waals surface area contributed by atoms with E-state index < -0.39 is 0 Å². The molecule has 20 heavy (non-hydrogen) atoms. The predicted octanol–water partition coefficient (Wildman–Crippen LogP) is 3.48. The third-order valence-electron chi connectivity index (χ3n) is 3.57. The summed E-state index contributed by atoms with van der Waals surface area (Å²) < 4.78 is 0. The molecule has 2 nitrogen and oxygen atoms in total. The van der Waals surface area contributed by atoms with Gasteiger partial charge in [0.25, 0.3) is 0 Å². The molecule has 1 aliphatic heterocycles. The van der Waals surface area contributed by atoms with Crippen molar-refractivity contribution in [2.75, 3.05) is 23.8 Å². The highest BCUT2D eigenvalue weighted by atomic mass is 32.2. The van der Waals surface area contributed by atoms with Crippen molar-refractivity contribution in [1.82, 2.24) is 5.32 Å². The van der Waals surface area contributed by atoms with E-state index in [0.717, 1.165) is 24.0 Å². The average Bonchev–Trinajstić information content (AvgIpc) is 2.50. The van der Waals surface area contributed by atoms with E-state index in [-0.39, 0.29) is 0 Å². The van der Waals surface area contributed by atoms with Gasteiger partial charge in [-0.2, -0.15) is 23.5 Å². The van der Waals surface area contributed by atoms with Gasteiger partial charge >= 0.3 is 0 Å². The van der Waals surface area contributed by atoms with Gasteiger partial charge in [0.05, 0.1) is 0 Å². The van der Waals surface area contributed by atoms with E-state index in [1.165, 1.54) is 22.6 Å². The molecular weight excluding hydrogens is 286 g/mol. The average molecular weight is 305 g/mol. The molecule has 0 bridgehead atoms.